The van der Waals surface area contributed by atoms with E-state index in [1.54, 1.807) is 0 Å². The van der Waals surface area contributed by atoms with Crippen LogP contribution in [0.5, 0.6) is 0 Å². The summed E-state index contributed by atoms with van der Waals surface area (Å²) in [4.78, 5) is 8.91. The average molecular weight is 178 g/mol. The molecule has 72 valence electrons. The minimum absolute atomic E-state index is 0.654. The fraction of sp³-hybridized carbons (Fsp3) is 0.636. The molecule has 0 aromatic carbocycles. The van der Waals surface area contributed by atoms with Gasteiger partial charge in [0, 0.05) is 6.20 Å². The first kappa shape index (κ1) is 10.2. The zero-order chi connectivity index (χ0) is 9.84. The van der Waals surface area contributed by atoms with Crippen molar-refractivity contribution in [3.63, 3.8) is 0 Å². The van der Waals surface area contributed by atoms with Gasteiger partial charge in [0.2, 0.25) is 0 Å². The van der Waals surface area contributed by atoms with Gasteiger partial charge in [0.25, 0.3) is 0 Å². The van der Waals surface area contributed by atoms with E-state index >= 15 is 0 Å². The van der Waals surface area contributed by atoms with E-state index in [9.17, 15) is 0 Å². The van der Waals surface area contributed by atoms with Crippen LogP contribution in [0.15, 0.2) is 6.20 Å². The van der Waals surface area contributed by atoms with E-state index in [0.717, 1.165) is 29.9 Å². The summed E-state index contributed by atoms with van der Waals surface area (Å²) in [5.41, 5.74) is 3.32. The third-order valence-electron chi connectivity index (χ3n) is 2.05. The highest BCUT2D eigenvalue weighted by atomic mass is 14.8. The number of rotatable bonds is 3. The predicted molar refractivity (Wildman–Crippen MR) is 54.7 cm³/mol. The van der Waals surface area contributed by atoms with Crippen molar-refractivity contribution in [1.82, 2.24) is 9.97 Å². The monoisotopic (exact) mass is 178 g/mol. The second-order valence-electron chi connectivity index (χ2n) is 3.84. The SMILES string of the molecule is CCc1ncc(CC(C)C)nc1C. The lowest BCUT2D eigenvalue weighted by molar-refractivity contribution is 0.630. The standard InChI is InChI=1S/C11H18N2/c1-5-11-9(4)13-10(7-12-11)6-8(2)3/h7-8H,5-6H2,1-4H3. The van der Waals surface area contributed by atoms with E-state index in [0.29, 0.717) is 5.92 Å². The molecule has 1 heterocycles. The van der Waals surface area contributed by atoms with Gasteiger partial charge >= 0.3 is 0 Å². The second-order valence-corrected chi connectivity index (χ2v) is 3.84. The lowest BCUT2D eigenvalue weighted by Crippen LogP contribution is -2.03. The van der Waals surface area contributed by atoms with Gasteiger partial charge in [-0.3, -0.25) is 9.97 Å². The molecule has 0 aliphatic carbocycles. The Morgan fingerprint density at radius 2 is 2.08 bits per heavy atom. The van der Waals surface area contributed by atoms with E-state index in [1.807, 2.05) is 13.1 Å². The molecule has 2 heteroatoms. The van der Waals surface area contributed by atoms with Crippen LogP contribution in [0.25, 0.3) is 0 Å². The van der Waals surface area contributed by atoms with Crippen LogP contribution in [0, 0.1) is 12.8 Å². The van der Waals surface area contributed by atoms with Crippen molar-refractivity contribution in [1.29, 1.82) is 0 Å². The molecule has 0 amide bonds. The zero-order valence-electron chi connectivity index (χ0n) is 8.96. The van der Waals surface area contributed by atoms with Gasteiger partial charge in [-0.15, -0.1) is 0 Å². The summed E-state index contributed by atoms with van der Waals surface area (Å²) in [6, 6.07) is 0. The van der Waals surface area contributed by atoms with Gasteiger partial charge < -0.3 is 0 Å². The zero-order valence-corrected chi connectivity index (χ0v) is 8.96. The summed E-state index contributed by atoms with van der Waals surface area (Å²) >= 11 is 0. The van der Waals surface area contributed by atoms with Crippen LogP contribution in [-0.4, -0.2) is 9.97 Å². The minimum Gasteiger partial charge on any atom is -0.258 e. The number of nitrogens with zero attached hydrogens (tertiary/aromatic N) is 2. The number of hydrogen-bond acceptors (Lipinski definition) is 2. The van der Waals surface area contributed by atoms with E-state index in [-0.39, 0.29) is 0 Å². The Morgan fingerprint density at radius 1 is 1.38 bits per heavy atom. The van der Waals surface area contributed by atoms with Gasteiger partial charge in [-0.05, 0) is 25.7 Å². The van der Waals surface area contributed by atoms with Gasteiger partial charge in [-0.2, -0.15) is 0 Å². The molecule has 1 aromatic heterocycles. The summed E-state index contributed by atoms with van der Waals surface area (Å²) in [7, 11) is 0. The van der Waals surface area contributed by atoms with Gasteiger partial charge in [0.1, 0.15) is 0 Å². The van der Waals surface area contributed by atoms with Crippen molar-refractivity contribution < 1.29 is 0 Å². The lowest BCUT2D eigenvalue weighted by atomic mass is 10.1. The average Bonchev–Trinajstić information content (AvgIpc) is 2.03. The second kappa shape index (κ2) is 4.35. The summed E-state index contributed by atoms with van der Waals surface area (Å²) < 4.78 is 0. The smallest absolute Gasteiger partial charge is 0.0613 e. The molecule has 0 N–H and O–H groups in total. The maximum atomic E-state index is 4.52. The highest BCUT2D eigenvalue weighted by Gasteiger charge is 2.03. The minimum atomic E-state index is 0.654. The fourth-order valence-corrected chi connectivity index (χ4v) is 1.42. The number of aromatic nitrogens is 2. The van der Waals surface area contributed by atoms with Crippen LogP contribution in [0.1, 0.15) is 37.9 Å². The van der Waals surface area contributed by atoms with Crippen molar-refractivity contribution in [3.05, 3.63) is 23.3 Å². The van der Waals surface area contributed by atoms with E-state index in [2.05, 4.69) is 30.7 Å². The maximum Gasteiger partial charge on any atom is 0.0613 e. The summed E-state index contributed by atoms with van der Waals surface area (Å²) in [5.74, 6) is 0.654. The Balaban J connectivity index is 2.83. The number of hydrogen-bond donors (Lipinski definition) is 0. The van der Waals surface area contributed by atoms with E-state index in [4.69, 9.17) is 0 Å². The molecule has 2 nitrogen and oxygen atoms in total. The van der Waals surface area contributed by atoms with Crippen molar-refractivity contribution in [2.24, 2.45) is 5.92 Å². The molecule has 0 aliphatic heterocycles. The summed E-state index contributed by atoms with van der Waals surface area (Å²) in [6.45, 7) is 8.55. The van der Waals surface area contributed by atoms with Crippen molar-refractivity contribution in [3.8, 4) is 0 Å². The predicted octanol–water partition coefficient (Wildman–Crippen LogP) is 2.55. The molecule has 0 atom stereocenters. The molecule has 0 radical (unpaired) electrons. The Morgan fingerprint density at radius 3 is 2.54 bits per heavy atom. The van der Waals surface area contributed by atoms with Crippen LogP contribution in [0.2, 0.25) is 0 Å². The van der Waals surface area contributed by atoms with Crippen LogP contribution in [-0.2, 0) is 12.8 Å². The lowest BCUT2D eigenvalue weighted by Gasteiger charge is -2.06. The maximum absolute atomic E-state index is 4.52. The molecular weight excluding hydrogens is 160 g/mol. The van der Waals surface area contributed by atoms with E-state index in [1.165, 1.54) is 0 Å². The fourth-order valence-electron chi connectivity index (χ4n) is 1.42. The quantitative estimate of drug-likeness (QED) is 0.711. The topological polar surface area (TPSA) is 25.8 Å². The Bertz CT molecular complexity index is 279. The molecule has 1 rings (SSSR count). The molecule has 0 saturated carbocycles. The largest absolute Gasteiger partial charge is 0.258 e. The first-order valence-electron chi connectivity index (χ1n) is 4.94. The van der Waals surface area contributed by atoms with Crippen molar-refractivity contribution >= 4 is 0 Å². The molecule has 0 fully saturated rings. The van der Waals surface area contributed by atoms with Crippen LogP contribution >= 0.6 is 0 Å². The third kappa shape index (κ3) is 2.79. The first-order valence-corrected chi connectivity index (χ1v) is 4.94. The van der Waals surface area contributed by atoms with Gasteiger partial charge in [-0.25, -0.2) is 0 Å². The van der Waals surface area contributed by atoms with Gasteiger partial charge in [-0.1, -0.05) is 20.8 Å². The Labute approximate surface area is 80.4 Å². The van der Waals surface area contributed by atoms with Crippen LogP contribution in [0.3, 0.4) is 0 Å². The molecule has 0 unspecified atom stereocenters. The third-order valence-corrected chi connectivity index (χ3v) is 2.05. The molecule has 0 bridgehead atoms. The van der Waals surface area contributed by atoms with Gasteiger partial charge in [0.05, 0.1) is 17.1 Å². The molecule has 0 aliphatic rings. The Hall–Kier alpha value is -0.920. The number of aryl methyl sites for hydroxylation is 2. The van der Waals surface area contributed by atoms with Crippen LogP contribution < -0.4 is 0 Å². The van der Waals surface area contributed by atoms with Gasteiger partial charge in [0.15, 0.2) is 0 Å². The molecule has 0 saturated heterocycles. The van der Waals surface area contributed by atoms with Crippen molar-refractivity contribution in [2.75, 3.05) is 0 Å². The summed E-state index contributed by atoms with van der Waals surface area (Å²) in [5, 5.41) is 0. The summed E-state index contributed by atoms with van der Waals surface area (Å²) in [6.07, 6.45) is 3.91. The highest BCUT2D eigenvalue weighted by molar-refractivity contribution is 5.12. The van der Waals surface area contributed by atoms with Crippen LogP contribution in [0.4, 0.5) is 0 Å². The molecular formula is C11H18N2. The highest BCUT2D eigenvalue weighted by Crippen LogP contribution is 2.07. The molecule has 0 spiro atoms. The van der Waals surface area contributed by atoms with E-state index < -0.39 is 0 Å². The molecule has 1 aromatic rings. The Kier molecular flexibility index (Phi) is 3.40. The molecule has 13 heavy (non-hydrogen) atoms. The van der Waals surface area contributed by atoms with Crippen molar-refractivity contribution in [2.45, 2.75) is 40.5 Å². The first-order chi connectivity index (χ1) is 6.13. The normalized spacial score (nSPS) is 10.8.